The number of aryl methyl sites for hydroxylation is 2. The fraction of sp³-hybridized carbons (Fsp3) is 0.111. The average Bonchev–Trinajstić information content (AvgIpc) is 2.60. The van der Waals surface area contributed by atoms with Crippen molar-refractivity contribution >= 4 is 22.1 Å². The Bertz CT molecular complexity index is 1070. The molecule has 0 radical (unpaired) electrons. The molecule has 0 spiro atoms. The molecule has 2 aromatic carbocycles. The van der Waals surface area contributed by atoms with E-state index in [0.717, 1.165) is 11.0 Å². The van der Waals surface area contributed by atoms with Gasteiger partial charge in [0.1, 0.15) is 11.4 Å². The molecule has 6 nitrogen and oxygen atoms in total. The second-order valence-corrected chi connectivity index (χ2v) is 5.56. The van der Waals surface area contributed by atoms with E-state index in [9.17, 15) is 9.59 Å². The number of aromatic nitrogens is 4. The number of fused-ring (bicyclic) bond motifs is 2. The number of aromatic amines is 2. The third-order valence-electron chi connectivity index (χ3n) is 3.94. The fourth-order valence-electron chi connectivity index (χ4n) is 2.71. The molecule has 2 aromatic heterocycles. The molecule has 0 unspecified atom stereocenters. The zero-order chi connectivity index (χ0) is 16.5. The fourth-order valence-corrected chi connectivity index (χ4v) is 2.71. The van der Waals surface area contributed by atoms with Crippen molar-refractivity contribution in [2.75, 3.05) is 0 Å². The zero-order valence-corrected chi connectivity index (χ0v) is 12.7. The van der Waals surface area contributed by atoms with Crippen LogP contribution in [0.1, 0.15) is 11.4 Å². The molecule has 0 saturated carbocycles. The van der Waals surface area contributed by atoms with Crippen LogP contribution in [0.3, 0.4) is 0 Å². The van der Waals surface area contributed by atoms with Crippen LogP contribution in [-0.4, -0.2) is 19.9 Å². The van der Waals surface area contributed by atoms with Crippen LogP contribution in [-0.2, 0) is 12.8 Å². The number of H-pyrrole nitrogens is 2. The predicted octanol–water partition coefficient (Wildman–Crippen LogP) is 1.94. The van der Waals surface area contributed by atoms with Gasteiger partial charge in [-0.15, -0.1) is 0 Å². The van der Waals surface area contributed by atoms with Crippen molar-refractivity contribution in [2.45, 2.75) is 12.8 Å². The lowest BCUT2D eigenvalue weighted by molar-refractivity contribution is 0.854. The van der Waals surface area contributed by atoms with Crippen LogP contribution in [0.2, 0.25) is 0 Å². The van der Waals surface area contributed by atoms with Crippen LogP contribution in [0.5, 0.6) is 0 Å². The smallest absolute Gasteiger partial charge is 0.270 e. The number of nitrogens with one attached hydrogen (secondary N) is 2. The monoisotopic (exact) mass is 318 g/mol. The van der Waals surface area contributed by atoms with E-state index in [1.54, 1.807) is 0 Å². The first-order valence-electron chi connectivity index (χ1n) is 7.66. The zero-order valence-electron chi connectivity index (χ0n) is 12.7. The molecule has 2 N–H and O–H groups in total. The van der Waals surface area contributed by atoms with Gasteiger partial charge in [-0.05, 0) is 24.3 Å². The Balaban J connectivity index is 1.68. The van der Waals surface area contributed by atoms with Gasteiger partial charge in [0.25, 0.3) is 11.1 Å². The molecule has 4 rings (SSSR count). The summed E-state index contributed by atoms with van der Waals surface area (Å²) in [7, 11) is 0. The van der Waals surface area contributed by atoms with Gasteiger partial charge in [0.15, 0.2) is 0 Å². The predicted molar refractivity (Wildman–Crippen MR) is 92.1 cm³/mol. The summed E-state index contributed by atoms with van der Waals surface area (Å²) in [5.41, 5.74) is 3.21. The molecule has 0 saturated heterocycles. The van der Waals surface area contributed by atoms with Gasteiger partial charge < -0.3 is 9.97 Å². The van der Waals surface area contributed by atoms with Crippen LogP contribution >= 0.6 is 0 Å². The standard InChI is InChI=1S/C18H14N4O2/c23-17-15(19-11-5-1-3-7-13(11)21-17)9-10-16-18(24)22-14-8-4-2-6-12(14)20-16/h1-8H,9-10H2,(H,21,23)(H,22,24). The second kappa shape index (κ2) is 5.73. The van der Waals surface area contributed by atoms with E-state index in [4.69, 9.17) is 0 Å². The van der Waals surface area contributed by atoms with E-state index in [1.165, 1.54) is 0 Å². The van der Waals surface area contributed by atoms with E-state index in [0.29, 0.717) is 35.3 Å². The Hall–Kier alpha value is -3.28. The van der Waals surface area contributed by atoms with Crippen molar-refractivity contribution in [1.29, 1.82) is 0 Å². The van der Waals surface area contributed by atoms with E-state index in [-0.39, 0.29) is 11.1 Å². The molecule has 4 aromatic rings. The molecule has 0 atom stereocenters. The lowest BCUT2D eigenvalue weighted by Gasteiger charge is -2.04. The van der Waals surface area contributed by atoms with E-state index in [1.807, 2.05) is 48.5 Å². The number of benzene rings is 2. The summed E-state index contributed by atoms with van der Waals surface area (Å²) in [4.78, 5) is 38.7. The molecular formula is C18H14N4O2. The van der Waals surface area contributed by atoms with E-state index >= 15 is 0 Å². The average molecular weight is 318 g/mol. The number of hydrogen-bond acceptors (Lipinski definition) is 4. The van der Waals surface area contributed by atoms with Crippen molar-refractivity contribution in [3.05, 3.63) is 80.6 Å². The SMILES string of the molecule is O=c1[nH]c2ccccc2nc1CCc1nc2ccccc2[nH]c1=O. The first kappa shape index (κ1) is 14.3. The van der Waals surface area contributed by atoms with Gasteiger partial charge in [-0.3, -0.25) is 9.59 Å². The Morgan fingerprint density at radius 2 is 1.08 bits per heavy atom. The Labute approximate surface area is 136 Å². The maximum atomic E-state index is 12.1. The van der Waals surface area contributed by atoms with Gasteiger partial charge in [-0.1, -0.05) is 24.3 Å². The molecule has 0 bridgehead atoms. The van der Waals surface area contributed by atoms with Crippen molar-refractivity contribution < 1.29 is 0 Å². The maximum Gasteiger partial charge on any atom is 0.270 e. The molecular weight excluding hydrogens is 304 g/mol. The topological polar surface area (TPSA) is 91.5 Å². The van der Waals surface area contributed by atoms with Gasteiger partial charge in [0.05, 0.1) is 22.1 Å². The summed E-state index contributed by atoms with van der Waals surface area (Å²) < 4.78 is 0. The largest absolute Gasteiger partial charge is 0.319 e. The van der Waals surface area contributed by atoms with Crippen molar-refractivity contribution in [1.82, 2.24) is 19.9 Å². The summed E-state index contributed by atoms with van der Waals surface area (Å²) in [5, 5.41) is 0. The molecule has 6 heteroatoms. The maximum absolute atomic E-state index is 12.1. The molecule has 0 aliphatic carbocycles. The lowest BCUT2D eigenvalue weighted by atomic mass is 10.2. The molecule has 0 aliphatic heterocycles. The van der Waals surface area contributed by atoms with Crippen LogP contribution in [0.15, 0.2) is 58.1 Å². The number of para-hydroxylation sites is 4. The van der Waals surface area contributed by atoms with Gasteiger partial charge in [0.2, 0.25) is 0 Å². The summed E-state index contributed by atoms with van der Waals surface area (Å²) in [6.07, 6.45) is 0.711. The third-order valence-corrected chi connectivity index (χ3v) is 3.94. The van der Waals surface area contributed by atoms with Crippen molar-refractivity contribution in [3.8, 4) is 0 Å². The highest BCUT2D eigenvalue weighted by molar-refractivity contribution is 5.74. The quantitative estimate of drug-likeness (QED) is 0.604. The van der Waals surface area contributed by atoms with E-state index in [2.05, 4.69) is 19.9 Å². The van der Waals surface area contributed by atoms with Gasteiger partial charge in [0, 0.05) is 12.8 Å². The van der Waals surface area contributed by atoms with Crippen LogP contribution in [0, 0.1) is 0 Å². The lowest BCUT2D eigenvalue weighted by Crippen LogP contribution is -2.20. The number of hydrogen-bond donors (Lipinski definition) is 2. The minimum absolute atomic E-state index is 0.231. The molecule has 0 amide bonds. The molecule has 0 aliphatic rings. The van der Waals surface area contributed by atoms with E-state index < -0.39 is 0 Å². The van der Waals surface area contributed by atoms with Gasteiger partial charge >= 0.3 is 0 Å². The number of rotatable bonds is 3. The molecule has 118 valence electrons. The van der Waals surface area contributed by atoms with Gasteiger partial charge in [-0.2, -0.15) is 0 Å². The first-order valence-corrected chi connectivity index (χ1v) is 7.66. The Morgan fingerprint density at radius 3 is 1.54 bits per heavy atom. The summed E-state index contributed by atoms with van der Waals surface area (Å²) >= 11 is 0. The third kappa shape index (κ3) is 2.58. The molecule has 0 fully saturated rings. The summed E-state index contributed by atoms with van der Waals surface area (Å²) in [6, 6.07) is 14.7. The Kier molecular flexibility index (Phi) is 3.42. The first-order chi connectivity index (χ1) is 11.7. The van der Waals surface area contributed by atoms with Crippen molar-refractivity contribution in [2.24, 2.45) is 0 Å². The number of nitrogens with zero attached hydrogens (tertiary/aromatic N) is 2. The summed E-state index contributed by atoms with van der Waals surface area (Å²) in [6.45, 7) is 0. The minimum atomic E-state index is -0.231. The molecule has 2 heterocycles. The van der Waals surface area contributed by atoms with Crippen LogP contribution in [0.25, 0.3) is 22.1 Å². The second-order valence-electron chi connectivity index (χ2n) is 5.56. The minimum Gasteiger partial charge on any atom is -0.319 e. The Morgan fingerprint density at radius 1 is 0.667 bits per heavy atom. The molecule has 24 heavy (non-hydrogen) atoms. The van der Waals surface area contributed by atoms with Crippen LogP contribution in [0.4, 0.5) is 0 Å². The van der Waals surface area contributed by atoms with Crippen molar-refractivity contribution in [3.63, 3.8) is 0 Å². The highest BCUT2D eigenvalue weighted by atomic mass is 16.1. The van der Waals surface area contributed by atoms with Gasteiger partial charge in [-0.25, -0.2) is 9.97 Å². The highest BCUT2D eigenvalue weighted by Crippen LogP contribution is 2.09. The highest BCUT2D eigenvalue weighted by Gasteiger charge is 2.09. The summed E-state index contributed by atoms with van der Waals surface area (Å²) in [5.74, 6) is 0. The van der Waals surface area contributed by atoms with Crippen LogP contribution < -0.4 is 11.1 Å². The normalized spacial score (nSPS) is 11.2.